The molecule has 0 fully saturated rings. The number of hydrogen-bond acceptors (Lipinski definition) is 3. The van der Waals surface area contributed by atoms with Gasteiger partial charge in [0.05, 0.1) is 11.1 Å². The van der Waals surface area contributed by atoms with Crippen LogP contribution >= 0.6 is 0 Å². The highest BCUT2D eigenvalue weighted by Gasteiger charge is 2.21. The van der Waals surface area contributed by atoms with E-state index < -0.39 is 0 Å². The van der Waals surface area contributed by atoms with E-state index in [9.17, 15) is 0 Å². The largest absolute Gasteiger partial charge is 0.455 e. The van der Waals surface area contributed by atoms with Crippen LogP contribution in [0.1, 0.15) is 0 Å². The van der Waals surface area contributed by atoms with Gasteiger partial charge in [0.2, 0.25) is 0 Å². The minimum atomic E-state index is 0.852. The normalized spacial score (nSPS) is 11.6. The van der Waals surface area contributed by atoms with Crippen LogP contribution in [0, 0.1) is 0 Å². The molecule has 2 aromatic heterocycles. The van der Waals surface area contributed by atoms with Gasteiger partial charge in [-0.1, -0.05) is 158 Å². The Kier molecular flexibility index (Phi) is 8.17. The molecule has 12 aromatic rings. The monoisotopic (exact) mass is 779 g/mol. The third kappa shape index (κ3) is 5.98. The Hall–Kier alpha value is -8.14. The highest BCUT2D eigenvalue weighted by Crippen LogP contribution is 2.46. The first-order chi connectivity index (χ1) is 30.2. The standard InChI is InChI=1S/C58H37NO2/c1-3-13-38(14-4-1)43-35-44(39-15-5-2-6-16-39)37-45(36-43)40-25-30-46(31-26-40)59(53-22-12-24-55-56(53)52-34-29-41-17-7-8-18-48(41)58(52)61-55)47-32-27-42(28-33-47)49-20-11-21-51-50-19-9-10-23-54(50)60-57(49)51/h1-37H. The van der Waals surface area contributed by atoms with E-state index >= 15 is 0 Å². The van der Waals surface area contributed by atoms with E-state index in [0.717, 1.165) is 94.0 Å². The van der Waals surface area contributed by atoms with Crippen molar-refractivity contribution in [1.29, 1.82) is 0 Å². The number of rotatable bonds is 7. The molecule has 0 aliphatic heterocycles. The lowest BCUT2D eigenvalue weighted by Crippen LogP contribution is -2.10. The Labute approximate surface area is 353 Å². The molecule has 61 heavy (non-hydrogen) atoms. The van der Waals surface area contributed by atoms with Crippen LogP contribution in [0.4, 0.5) is 17.1 Å². The van der Waals surface area contributed by atoms with Crippen molar-refractivity contribution in [2.24, 2.45) is 0 Å². The lowest BCUT2D eigenvalue weighted by molar-refractivity contribution is 0.670. The van der Waals surface area contributed by atoms with Crippen molar-refractivity contribution in [3.05, 3.63) is 224 Å². The van der Waals surface area contributed by atoms with E-state index in [0.29, 0.717) is 0 Å². The van der Waals surface area contributed by atoms with Gasteiger partial charge in [0.25, 0.3) is 0 Å². The van der Waals surface area contributed by atoms with Crippen LogP contribution in [0.5, 0.6) is 0 Å². The average Bonchev–Trinajstić information content (AvgIpc) is 3.92. The third-order valence-corrected chi connectivity index (χ3v) is 12.1. The Morgan fingerprint density at radius 2 is 0.820 bits per heavy atom. The predicted octanol–water partition coefficient (Wildman–Crippen LogP) is 16.8. The SMILES string of the molecule is c1ccc(-c2cc(-c3ccccc3)cc(-c3ccc(N(c4ccc(-c5cccc6c5oc5ccccc56)cc4)c4cccc5oc6c7ccccc7ccc6c45)cc3)c2)cc1. The molecule has 0 N–H and O–H groups in total. The zero-order chi connectivity index (χ0) is 40.3. The van der Waals surface area contributed by atoms with Gasteiger partial charge in [0, 0.05) is 38.5 Å². The van der Waals surface area contributed by atoms with Crippen molar-refractivity contribution in [3.8, 4) is 44.5 Å². The maximum absolute atomic E-state index is 6.71. The summed E-state index contributed by atoms with van der Waals surface area (Å²) in [6.07, 6.45) is 0. The van der Waals surface area contributed by atoms with Crippen LogP contribution in [-0.2, 0) is 0 Å². The second-order valence-corrected chi connectivity index (χ2v) is 15.7. The Morgan fingerprint density at radius 3 is 1.51 bits per heavy atom. The van der Waals surface area contributed by atoms with E-state index in [1.54, 1.807) is 0 Å². The summed E-state index contributed by atoms with van der Waals surface area (Å²) < 4.78 is 13.2. The maximum Gasteiger partial charge on any atom is 0.143 e. The first-order valence-electron chi connectivity index (χ1n) is 20.7. The summed E-state index contributed by atoms with van der Waals surface area (Å²) in [7, 11) is 0. The van der Waals surface area contributed by atoms with Gasteiger partial charge in [-0.2, -0.15) is 0 Å². The van der Waals surface area contributed by atoms with Gasteiger partial charge in [0.15, 0.2) is 0 Å². The van der Waals surface area contributed by atoms with E-state index in [4.69, 9.17) is 8.83 Å². The second-order valence-electron chi connectivity index (χ2n) is 15.7. The van der Waals surface area contributed by atoms with Gasteiger partial charge in [-0.3, -0.25) is 0 Å². The lowest BCUT2D eigenvalue weighted by Gasteiger charge is -2.26. The molecule has 0 unspecified atom stereocenters. The van der Waals surface area contributed by atoms with Gasteiger partial charge in [0.1, 0.15) is 22.3 Å². The summed E-state index contributed by atoms with van der Waals surface area (Å²) in [4.78, 5) is 2.36. The molecular formula is C58H37NO2. The van der Waals surface area contributed by atoms with Crippen LogP contribution in [0.3, 0.4) is 0 Å². The fraction of sp³-hybridized carbons (Fsp3) is 0. The number of hydrogen-bond donors (Lipinski definition) is 0. The summed E-state index contributed by atoms with van der Waals surface area (Å²) in [5, 5.41) is 6.67. The predicted molar refractivity (Wildman–Crippen MR) is 255 cm³/mol. The number of para-hydroxylation sites is 2. The van der Waals surface area contributed by atoms with Gasteiger partial charge in [-0.05, 0) is 111 Å². The van der Waals surface area contributed by atoms with Crippen molar-refractivity contribution in [2.45, 2.75) is 0 Å². The smallest absolute Gasteiger partial charge is 0.143 e. The van der Waals surface area contributed by atoms with Crippen LogP contribution in [0.15, 0.2) is 233 Å². The number of anilines is 3. The van der Waals surface area contributed by atoms with Crippen molar-refractivity contribution in [1.82, 2.24) is 0 Å². The van der Waals surface area contributed by atoms with Gasteiger partial charge in [-0.15, -0.1) is 0 Å². The maximum atomic E-state index is 6.71. The molecule has 12 rings (SSSR count). The summed E-state index contributed by atoms with van der Waals surface area (Å²) in [5.74, 6) is 0. The quantitative estimate of drug-likeness (QED) is 0.161. The van der Waals surface area contributed by atoms with Crippen LogP contribution in [0.25, 0.3) is 99.2 Å². The molecule has 0 atom stereocenters. The molecule has 2 heterocycles. The van der Waals surface area contributed by atoms with Crippen molar-refractivity contribution in [3.63, 3.8) is 0 Å². The molecule has 286 valence electrons. The zero-order valence-corrected chi connectivity index (χ0v) is 33.1. The molecule has 0 radical (unpaired) electrons. The molecule has 0 amide bonds. The van der Waals surface area contributed by atoms with Gasteiger partial charge < -0.3 is 13.7 Å². The summed E-state index contributed by atoms with van der Waals surface area (Å²) in [6.45, 7) is 0. The number of benzene rings is 10. The van der Waals surface area contributed by atoms with Gasteiger partial charge in [-0.25, -0.2) is 0 Å². The minimum absolute atomic E-state index is 0.852. The summed E-state index contributed by atoms with van der Waals surface area (Å²) in [5.41, 5.74) is 15.9. The molecule has 0 bridgehead atoms. The fourth-order valence-electron chi connectivity index (χ4n) is 9.10. The first kappa shape index (κ1) is 34.9. The van der Waals surface area contributed by atoms with E-state index in [-0.39, 0.29) is 0 Å². The molecule has 3 nitrogen and oxygen atoms in total. The molecule has 0 spiro atoms. The molecule has 0 saturated carbocycles. The Balaban J connectivity index is 1.01. The molecule has 0 aliphatic rings. The molecule has 3 heteroatoms. The summed E-state index contributed by atoms with van der Waals surface area (Å²) >= 11 is 0. The van der Waals surface area contributed by atoms with Crippen LogP contribution in [0.2, 0.25) is 0 Å². The number of furan rings is 2. The Morgan fingerprint density at radius 1 is 0.295 bits per heavy atom. The first-order valence-corrected chi connectivity index (χ1v) is 20.7. The average molecular weight is 780 g/mol. The number of fused-ring (bicyclic) bond motifs is 8. The fourth-order valence-corrected chi connectivity index (χ4v) is 9.10. The van der Waals surface area contributed by atoms with Crippen molar-refractivity contribution >= 4 is 71.7 Å². The van der Waals surface area contributed by atoms with E-state index in [2.05, 4.69) is 217 Å². The number of nitrogens with zero attached hydrogens (tertiary/aromatic N) is 1. The molecule has 10 aromatic carbocycles. The highest BCUT2D eigenvalue weighted by atomic mass is 16.3. The minimum Gasteiger partial charge on any atom is -0.455 e. The van der Waals surface area contributed by atoms with Crippen molar-refractivity contribution in [2.75, 3.05) is 4.90 Å². The van der Waals surface area contributed by atoms with Crippen molar-refractivity contribution < 1.29 is 8.83 Å². The van der Waals surface area contributed by atoms with E-state index in [1.165, 1.54) is 22.3 Å². The summed E-state index contributed by atoms with van der Waals surface area (Å²) in [6, 6.07) is 79.9. The van der Waals surface area contributed by atoms with Gasteiger partial charge >= 0.3 is 0 Å². The third-order valence-electron chi connectivity index (χ3n) is 12.1. The molecular weight excluding hydrogens is 743 g/mol. The molecule has 0 aliphatic carbocycles. The Bertz CT molecular complexity index is 3510. The van der Waals surface area contributed by atoms with Crippen LogP contribution < -0.4 is 4.90 Å². The highest BCUT2D eigenvalue weighted by molar-refractivity contribution is 6.19. The second kappa shape index (κ2) is 14.3. The van der Waals surface area contributed by atoms with E-state index in [1.807, 2.05) is 12.1 Å². The topological polar surface area (TPSA) is 29.5 Å². The lowest BCUT2D eigenvalue weighted by atomic mass is 9.93. The zero-order valence-electron chi connectivity index (χ0n) is 33.1. The molecule has 0 saturated heterocycles. The van der Waals surface area contributed by atoms with Crippen LogP contribution in [-0.4, -0.2) is 0 Å².